The van der Waals surface area contributed by atoms with E-state index in [2.05, 4.69) is 33.4 Å². The Kier molecular flexibility index (Phi) is 4.32. The SMILES string of the molecule is CNc1nc2ccccc2cc1CN(C)CCC#N. The maximum Gasteiger partial charge on any atom is 0.130 e. The van der Waals surface area contributed by atoms with Crippen molar-refractivity contribution >= 4 is 16.7 Å². The molecule has 0 spiro atoms. The number of anilines is 1. The molecule has 0 aliphatic rings. The standard InChI is InChI=1S/C15H18N4/c1-17-15-13(11-19(2)9-5-8-16)10-12-6-3-4-7-14(12)18-15/h3-4,6-7,10H,5,9,11H2,1-2H3,(H,17,18). The quantitative estimate of drug-likeness (QED) is 0.891. The summed E-state index contributed by atoms with van der Waals surface area (Å²) in [7, 11) is 3.90. The molecule has 0 saturated carbocycles. The van der Waals surface area contributed by atoms with Crippen molar-refractivity contribution in [3.05, 3.63) is 35.9 Å². The fourth-order valence-electron chi connectivity index (χ4n) is 2.11. The van der Waals surface area contributed by atoms with Crippen LogP contribution in [0.3, 0.4) is 0 Å². The summed E-state index contributed by atoms with van der Waals surface area (Å²) in [5.41, 5.74) is 2.15. The molecule has 4 nitrogen and oxygen atoms in total. The van der Waals surface area contributed by atoms with Gasteiger partial charge in [-0.1, -0.05) is 18.2 Å². The van der Waals surface area contributed by atoms with Crippen molar-refractivity contribution in [3.63, 3.8) is 0 Å². The van der Waals surface area contributed by atoms with Gasteiger partial charge < -0.3 is 10.2 Å². The van der Waals surface area contributed by atoms with Crippen LogP contribution in [-0.2, 0) is 6.54 Å². The molecule has 0 aliphatic carbocycles. The van der Waals surface area contributed by atoms with Gasteiger partial charge >= 0.3 is 0 Å². The summed E-state index contributed by atoms with van der Waals surface area (Å²) < 4.78 is 0. The first-order chi connectivity index (χ1) is 9.24. The highest BCUT2D eigenvalue weighted by Gasteiger charge is 2.08. The number of aromatic nitrogens is 1. The topological polar surface area (TPSA) is 52.0 Å². The Bertz CT molecular complexity index is 601. The molecule has 0 aliphatic heterocycles. The van der Waals surface area contributed by atoms with E-state index in [0.29, 0.717) is 6.42 Å². The molecule has 0 radical (unpaired) electrons. The molecule has 1 aromatic carbocycles. The maximum atomic E-state index is 8.62. The number of fused-ring (bicyclic) bond motifs is 1. The molecule has 0 atom stereocenters. The minimum atomic E-state index is 0.548. The van der Waals surface area contributed by atoms with Crippen LogP contribution in [0.4, 0.5) is 5.82 Å². The Balaban J connectivity index is 2.28. The van der Waals surface area contributed by atoms with Gasteiger partial charge in [-0.3, -0.25) is 0 Å². The maximum absolute atomic E-state index is 8.62. The smallest absolute Gasteiger partial charge is 0.130 e. The highest BCUT2D eigenvalue weighted by atomic mass is 15.1. The number of benzene rings is 1. The van der Waals surface area contributed by atoms with Crippen molar-refractivity contribution in [1.29, 1.82) is 5.26 Å². The van der Waals surface area contributed by atoms with Crippen molar-refractivity contribution in [1.82, 2.24) is 9.88 Å². The third-order valence-electron chi connectivity index (χ3n) is 3.09. The molecule has 2 rings (SSSR count). The van der Waals surface area contributed by atoms with Gasteiger partial charge in [-0.25, -0.2) is 4.98 Å². The number of nitrogens with zero attached hydrogens (tertiary/aromatic N) is 3. The minimum absolute atomic E-state index is 0.548. The van der Waals surface area contributed by atoms with Gasteiger partial charge in [-0.15, -0.1) is 0 Å². The molecule has 0 amide bonds. The normalized spacial score (nSPS) is 10.6. The van der Waals surface area contributed by atoms with E-state index in [0.717, 1.165) is 35.4 Å². The van der Waals surface area contributed by atoms with Crippen LogP contribution in [0.1, 0.15) is 12.0 Å². The van der Waals surface area contributed by atoms with Gasteiger partial charge in [0.25, 0.3) is 0 Å². The molecular weight excluding hydrogens is 236 g/mol. The van der Waals surface area contributed by atoms with E-state index in [1.165, 1.54) is 0 Å². The van der Waals surface area contributed by atoms with Crippen molar-refractivity contribution in [2.75, 3.05) is 26.0 Å². The Hall–Kier alpha value is -2.12. The number of hydrogen-bond donors (Lipinski definition) is 1. The average molecular weight is 254 g/mol. The molecule has 1 heterocycles. The number of nitrogens with one attached hydrogen (secondary N) is 1. The van der Waals surface area contributed by atoms with E-state index in [9.17, 15) is 0 Å². The predicted molar refractivity (Wildman–Crippen MR) is 77.9 cm³/mol. The first-order valence-electron chi connectivity index (χ1n) is 6.36. The van der Waals surface area contributed by atoms with Crippen LogP contribution >= 0.6 is 0 Å². The highest BCUT2D eigenvalue weighted by Crippen LogP contribution is 2.21. The summed E-state index contributed by atoms with van der Waals surface area (Å²) in [5, 5.41) is 12.9. The van der Waals surface area contributed by atoms with Gasteiger partial charge in [0.2, 0.25) is 0 Å². The van der Waals surface area contributed by atoms with E-state index in [-0.39, 0.29) is 0 Å². The molecule has 1 aromatic heterocycles. The van der Waals surface area contributed by atoms with Crippen LogP contribution in [0.5, 0.6) is 0 Å². The fraction of sp³-hybridized carbons (Fsp3) is 0.333. The van der Waals surface area contributed by atoms with Gasteiger partial charge in [0.05, 0.1) is 11.6 Å². The van der Waals surface area contributed by atoms with Crippen molar-refractivity contribution in [2.24, 2.45) is 0 Å². The largest absolute Gasteiger partial charge is 0.373 e. The average Bonchev–Trinajstić information content (AvgIpc) is 2.44. The fourth-order valence-corrected chi connectivity index (χ4v) is 2.11. The lowest BCUT2D eigenvalue weighted by Gasteiger charge is -2.17. The van der Waals surface area contributed by atoms with Crippen LogP contribution in [-0.4, -0.2) is 30.5 Å². The Labute approximate surface area is 113 Å². The van der Waals surface area contributed by atoms with E-state index < -0.39 is 0 Å². The highest BCUT2D eigenvalue weighted by molar-refractivity contribution is 5.81. The molecule has 0 saturated heterocycles. The van der Waals surface area contributed by atoms with Gasteiger partial charge in [0, 0.05) is 37.5 Å². The lowest BCUT2D eigenvalue weighted by atomic mass is 10.1. The van der Waals surface area contributed by atoms with Crippen LogP contribution < -0.4 is 5.32 Å². The summed E-state index contributed by atoms with van der Waals surface area (Å²) >= 11 is 0. The minimum Gasteiger partial charge on any atom is -0.373 e. The molecule has 2 aromatic rings. The van der Waals surface area contributed by atoms with Gasteiger partial charge in [-0.2, -0.15) is 5.26 Å². The van der Waals surface area contributed by atoms with E-state index in [1.54, 1.807) is 0 Å². The second kappa shape index (κ2) is 6.17. The monoisotopic (exact) mass is 254 g/mol. The van der Waals surface area contributed by atoms with E-state index in [4.69, 9.17) is 5.26 Å². The first-order valence-corrected chi connectivity index (χ1v) is 6.36. The van der Waals surface area contributed by atoms with Crippen LogP contribution in [0.15, 0.2) is 30.3 Å². The lowest BCUT2D eigenvalue weighted by Crippen LogP contribution is -2.19. The molecule has 4 heteroatoms. The lowest BCUT2D eigenvalue weighted by molar-refractivity contribution is 0.335. The Morgan fingerprint density at radius 2 is 2.16 bits per heavy atom. The zero-order chi connectivity index (χ0) is 13.7. The molecule has 98 valence electrons. The van der Waals surface area contributed by atoms with Crippen LogP contribution in [0, 0.1) is 11.3 Å². The molecule has 19 heavy (non-hydrogen) atoms. The van der Waals surface area contributed by atoms with Crippen LogP contribution in [0.2, 0.25) is 0 Å². The van der Waals surface area contributed by atoms with Crippen molar-refractivity contribution in [3.8, 4) is 6.07 Å². The van der Waals surface area contributed by atoms with Crippen LogP contribution in [0.25, 0.3) is 10.9 Å². The number of nitriles is 1. The molecule has 0 bridgehead atoms. The summed E-state index contributed by atoms with van der Waals surface area (Å²) in [6.07, 6.45) is 0.548. The number of para-hydroxylation sites is 1. The Morgan fingerprint density at radius 1 is 1.37 bits per heavy atom. The zero-order valence-corrected chi connectivity index (χ0v) is 11.3. The molecule has 1 N–H and O–H groups in total. The van der Waals surface area contributed by atoms with Gasteiger partial charge in [0.15, 0.2) is 0 Å². The Morgan fingerprint density at radius 3 is 2.89 bits per heavy atom. The van der Waals surface area contributed by atoms with E-state index in [1.807, 2.05) is 32.3 Å². The summed E-state index contributed by atoms with van der Waals surface area (Å²) in [6, 6.07) is 12.4. The van der Waals surface area contributed by atoms with E-state index >= 15 is 0 Å². The predicted octanol–water partition coefficient (Wildman–Crippen LogP) is 2.62. The zero-order valence-electron chi connectivity index (χ0n) is 11.3. The summed E-state index contributed by atoms with van der Waals surface area (Å²) in [6.45, 7) is 1.56. The molecule has 0 unspecified atom stereocenters. The van der Waals surface area contributed by atoms with Crippen molar-refractivity contribution in [2.45, 2.75) is 13.0 Å². The third-order valence-corrected chi connectivity index (χ3v) is 3.09. The molecular formula is C15H18N4. The number of rotatable bonds is 5. The third kappa shape index (κ3) is 3.21. The summed E-state index contributed by atoms with van der Waals surface area (Å²) in [4.78, 5) is 6.76. The number of hydrogen-bond acceptors (Lipinski definition) is 4. The molecule has 0 fully saturated rings. The van der Waals surface area contributed by atoms with Crippen molar-refractivity contribution < 1.29 is 0 Å². The summed E-state index contributed by atoms with van der Waals surface area (Å²) in [5.74, 6) is 0.905. The van der Waals surface area contributed by atoms with Gasteiger partial charge in [0.1, 0.15) is 5.82 Å². The van der Waals surface area contributed by atoms with Gasteiger partial charge in [-0.05, 0) is 19.2 Å². The second-order valence-corrected chi connectivity index (χ2v) is 4.58. The first kappa shape index (κ1) is 13.3. The number of pyridine rings is 1. The second-order valence-electron chi connectivity index (χ2n) is 4.58.